The SMILES string of the molecule is Cn1nccc1CNC(=O)c1ccn(COc2c(Cl)cccc2Cl)n1. The third-order valence-electron chi connectivity index (χ3n) is 3.49. The Hall–Kier alpha value is -2.51. The maximum Gasteiger partial charge on any atom is 0.272 e. The number of rotatable bonds is 6. The first-order valence-corrected chi connectivity index (χ1v) is 8.15. The molecule has 7 nitrogen and oxygen atoms in total. The molecule has 3 aromatic rings. The molecule has 0 atom stereocenters. The minimum Gasteiger partial charge on any atom is -0.468 e. The van der Waals surface area contributed by atoms with Crippen LogP contribution in [0.1, 0.15) is 16.2 Å². The minimum absolute atomic E-state index is 0.0818. The summed E-state index contributed by atoms with van der Waals surface area (Å²) in [5, 5.41) is 11.8. The molecular formula is C16H15Cl2N5O2. The lowest BCUT2D eigenvalue weighted by Gasteiger charge is -2.09. The second-order valence-corrected chi connectivity index (χ2v) is 6.01. The standard InChI is InChI=1S/C16H15Cl2N5O2/c1-22-11(5-7-20-22)9-19-16(24)14-6-8-23(21-14)10-25-15-12(17)3-2-4-13(15)18/h2-8H,9-10H2,1H3,(H,19,24). The van der Waals surface area contributed by atoms with E-state index in [1.165, 1.54) is 4.68 Å². The van der Waals surface area contributed by atoms with Crippen molar-refractivity contribution in [2.45, 2.75) is 13.3 Å². The molecule has 0 unspecified atom stereocenters. The lowest BCUT2D eigenvalue weighted by Crippen LogP contribution is -2.24. The van der Waals surface area contributed by atoms with E-state index in [9.17, 15) is 4.79 Å². The van der Waals surface area contributed by atoms with Crippen LogP contribution >= 0.6 is 23.2 Å². The number of amides is 1. The third kappa shape index (κ3) is 4.12. The second kappa shape index (κ2) is 7.58. The number of carbonyl (C=O) groups is 1. The number of aromatic nitrogens is 4. The van der Waals surface area contributed by atoms with E-state index in [-0.39, 0.29) is 18.3 Å². The van der Waals surface area contributed by atoms with Gasteiger partial charge in [0.1, 0.15) is 5.69 Å². The average Bonchev–Trinajstić information content (AvgIpc) is 3.21. The molecular weight excluding hydrogens is 365 g/mol. The molecule has 1 amide bonds. The Balaban J connectivity index is 1.58. The highest BCUT2D eigenvalue weighted by molar-refractivity contribution is 6.37. The van der Waals surface area contributed by atoms with Gasteiger partial charge >= 0.3 is 0 Å². The van der Waals surface area contributed by atoms with Crippen molar-refractivity contribution in [3.63, 3.8) is 0 Å². The normalized spacial score (nSPS) is 10.7. The quantitative estimate of drug-likeness (QED) is 0.714. The average molecular weight is 380 g/mol. The Kier molecular flexibility index (Phi) is 5.25. The molecule has 2 aromatic heterocycles. The summed E-state index contributed by atoms with van der Waals surface area (Å²) in [5.41, 5.74) is 1.18. The highest BCUT2D eigenvalue weighted by atomic mass is 35.5. The predicted octanol–water partition coefficient (Wildman–Crippen LogP) is 2.89. The van der Waals surface area contributed by atoms with Gasteiger partial charge in [0.2, 0.25) is 0 Å². The number of carbonyl (C=O) groups excluding carboxylic acids is 1. The van der Waals surface area contributed by atoms with Crippen LogP contribution in [0.3, 0.4) is 0 Å². The van der Waals surface area contributed by atoms with Crippen molar-refractivity contribution in [3.8, 4) is 5.75 Å². The van der Waals surface area contributed by atoms with Crippen LogP contribution in [-0.4, -0.2) is 25.5 Å². The van der Waals surface area contributed by atoms with Crippen LogP contribution in [0.4, 0.5) is 0 Å². The van der Waals surface area contributed by atoms with E-state index in [1.807, 2.05) is 13.1 Å². The fourth-order valence-corrected chi connectivity index (χ4v) is 2.65. The molecule has 0 saturated carbocycles. The second-order valence-electron chi connectivity index (χ2n) is 5.19. The number of benzene rings is 1. The third-order valence-corrected chi connectivity index (χ3v) is 4.08. The van der Waals surface area contributed by atoms with E-state index >= 15 is 0 Å². The van der Waals surface area contributed by atoms with Crippen molar-refractivity contribution in [2.75, 3.05) is 0 Å². The Bertz CT molecular complexity index is 870. The maximum atomic E-state index is 12.1. The summed E-state index contributed by atoms with van der Waals surface area (Å²) in [4.78, 5) is 12.1. The Morgan fingerprint density at radius 3 is 2.68 bits per heavy atom. The van der Waals surface area contributed by atoms with E-state index in [1.54, 1.807) is 41.3 Å². The number of para-hydroxylation sites is 1. The molecule has 0 spiro atoms. The zero-order valence-electron chi connectivity index (χ0n) is 13.3. The van der Waals surface area contributed by atoms with Crippen molar-refractivity contribution in [1.82, 2.24) is 24.9 Å². The highest BCUT2D eigenvalue weighted by Gasteiger charge is 2.11. The molecule has 1 N–H and O–H groups in total. The van der Waals surface area contributed by atoms with Gasteiger partial charge in [-0.05, 0) is 24.3 Å². The van der Waals surface area contributed by atoms with Crippen molar-refractivity contribution >= 4 is 29.1 Å². The summed E-state index contributed by atoms with van der Waals surface area (Å²) in [6.07, 6.45) is 3.32. The molecule has 0 aliphatic carbocycles. The van der Waals surface area contributed by atoms with Crippen LogP contribution in [0.15, 0.2) is 42.7 Å². The first-order chi connectivity index (χ1) is 12.0. The van der Waals surface area contributed by atoms with Crippen LogP contribution in [0.2, 0.25) is 10.0 Å². The molecule has 0 radical (unpaired) electrons. The van der Waals surface area contributed by atoms with E-state index in [0.29, 0.717) is 22.3 Å². The number of halogens is 2. The van der Waals surface area contributed by atoms with Gasteiger partial charge in [0.15, 0.2) is 12.5 Å². The largest absolute Gasteiger partial charge is 0.468 e. The molecule has 0 fully saturated rings. The molecule has 0 bridgehead atoms. The van der Waals surface area contributed by atoms with Gasteiger partial charge in [-0.3, -0.25) is 9.48 Å². The van der Waals surface area contributed by atoms with E-state index < -0.39 is 0 Å². The van der Waals surface area contributed by atoms with Gasteiger partial charge in [-0.1, -0.05) is 29.3 Å². The van der Waals surface area contributed by atoms with Crippen LogP contribution in [-0.2, 0) is 20.3 Å². The molecule has 130 valence electrons. The Morgan fingerprint density at radius 1 is 1.24 bits per heavy atom. The summed E-state index contributed by atoms with van der Waals surface area (Å²) < 4.78 is 8.75. The summed E-state index contributed by atoms with van der Waals surface area (Å²) >= 11 is 12.1. The van der Waals surface area contributed by atoms with Crippen molar-refractivity contribution < 1.29 is 9.53 Å². The summed E-state index contributed by atoms with van der Waals surface area (Å²) in [6.45, 7) is 0.451. The van der Waals surface area contributed by atoms with E-state index in [2.05, 4.69) is 15.5 Å². The zero-order valence-corrected chi connectivity index (χ0v) is 14.8. The van der Waals surface area contributed by atoms with E-state index in [4.69, 9.17) is 27.9 Å². The molecule has 2 heterocycles. The number of ether oxygens (including phenoxy) is 1. The van der Waals surface area contributed by atoms with Gasteiger partial charge in [-0.15, -0.1) is 0 Å². The van der Waals surface area contributed by atoms with Crippen LogP contribution in [0.5, 0.6) is 5.75 Å². The fourth-order valence-electron chi connectivity index (χ4n) is 2.14. The van der Waals surface area contributed by atoms with Gasteiger partial charge in [0.05, 0.1) is 22.3 Å². The van der Waals surface area contributed by atoms with Crippen LogP contribution in [0, 0.1) is 0 Å². The molecule has 0 saturated heterocycles. The van der Waals surface area contributed by atoms with Gasteiger partial charge in [0, 0.05) is 19.4 Å². The van der Waals surface area contributed by atoms with Crippen molar-refractivity contribution in [2.24, 2.45) is 7.05 Å². The topological polar surface area (TPSA) is 74.0 Å². The summed E-state index contributed by atoms with van der Waals surface area (Å²) in [7, 11) is 1.81. The minimum atomic E-state index is -0.282. The molecule has 3 rings (SSSR count). The fraction of sp³-hybridized carbons (Fsp3) is 0.188. The Morgan fingerprint density at radius 2 is 2.00 bits per heavy atom. The Labute approximate surface area is 154 Å². The van der Waals surface area contributed by atoms with Gasteiger partial charge < -0.3 is 10.1 Å². The number of hydrogen-bond acceptors (Lipinski definition) is 4. The molecule has 25 heavy (non-hydrogen) atoms. The van der Waals surface area contributed by atoms with Crippen LogP contribution in [0.25, 0.3) is 0 Å². The predicted molar refractivity (Wildman–Crippen MR) is 93.7 cm³/mol. The number of aryl methyl sites for hydroxylation is 1. The number of nitrogens with one attached hydrogen (secondary N) is 1. The van der Waals surface area contributed by atoms with E-state index in [0.717, 1.165) is 5.69 Å². The monoisotopic (exact) mass is 379 g/mol. The van der Waals surface area contributed by atoms with Gasteiger partial charge in [-0.25, -0.2) is 4.68 Å². The molecule has 9 heteroatoms. The summed E-state index contributed by atoms with van der Waals surface area (Å²) in [5.74, 6) is 0.0965. The van der Waals surface area contributed by atoms with Crippen molar-refractivity contribution in [3.05, 3.63) is 64.2 Å². The number of nitrogens with zero attached hydrogens (tertiary/aromatic N) is 4. The van der Waals surface area contributed by atoms with Crippen LogP contribution < -0.4 is 10.1 Å². The molecule has 1 aromatic carbocycles. The lowest BCUT2D eigenvalue weighted by molar-refractivity contribution is 0.0943. The maximum absolute atomic E-state index is 12.1. The van der Waals surface area contributed by atoms with Gasteiger partial charge in [-0.2, -0.15) is 10.2 Å². The van der Waals surface area contributed by atoms with Crippen molar-refractivity contribution in [1.29, 1.82) is 0 Å². The molecule has 0 aliphatic heterocycles. The lowest BCUT2D eigenvalue weighted by atomic mass is 10.3. The smallest absolute Gasteiger partial charge is 0.272 e. The molecule has 0 aliphatic rings. The highest BCUT2D eigenvalue weighted by Crippen LogP contribution is 2.32. The first kappa shape index (κ1) is 17.3. The van der Waals surface area contributed by atoms with Gasteiger partial charge in [0.25, 0.3) is 5.91 Å². The number of hydrogen-bond donors (Lipinski definition) is 1. The first-order valence-electron chi connectivity index (χ1n) is 7.40. The summed E-state index contributed by atoms with van der Waals surface area (Å²) in [6, 6.07) is 8.54. The zero-order chi connectivity index (χ0) is 17.8.